The first-order chi connectivity index (χ1) is 8.14. The van der Waals surface area contributed by atoms with Gasteiger partial charge in [0.2, 0.25) is 0 Å². The lowest BCUT2D eigenvalue weighted by Crippen LogP contribution is -2.68. The molecule has 0 aromatic carbocycles. The average Bonchev–Trinajstić information content (AvgIpc) is 2.80. The molecule has 1 saturated heterocycles. The van der Waals surface area contributed by atoms with E-state index in [4.69, 9.17) is 4.74 Å². The third-order valence-corrected chi connectivity index (χ3v) is 4.99. The van der Waals surface area contributed by atoms with Gasteiger partial charge in [-0.1, -0.05) is 19.8 Å². The third kappa shape index (κ3) is 2.67. The molecular formula is C14H28N2O. The molecule has 2 aliphatic rings. The molecule has 1 spiro atoms. The van der Waals surface area contributed by atoms with E-state index < -0.39 is 0 Å². The Bertz CT molecular complexity index is 251. The zero-order valence-electron chi connectivity index (χ0n) is 11.7. The quantitative estimate of drug-likeness (QED) is 0.813. The van der Waals surface area contributed by atoms with Gasteiger partial charge in [0.1, 0.15) is 0 Å². The third-order valence-electron chi connectivity index (χ3n) is 4.99. The average molecular weight is 240 g/mol. The molecule has 2 fully saturated rings. The van der Waals surface area contributed by atoms with E-state index in [1.54, 1.807) is 7.11 Å². The topological polar surface area (TPSA) is 24.5 Å². The first kappa shape index (κ1) is 13.3. The number of hydrogen-bond donors (Lipinski definition) is 1. The van der Waals surface area contributed by atoms with Crippen molar-refractivity contribution in [2.24, 2.45) is 0 Å². The van der Waals surface area contributed by atoms with E-state index in [0.29, 0.717) is 11.1 Å². The Labute approximate surface area is 106 Å². The number of nitrogens with zero attached hydrogens (tertiary/aromatic N) is 1. The molecule has 0 aromatic heterocycles. The maximum atomic E-state index is 5.27. The van der Waals surface area contributed by atoms with Gasteiger partial charge in [-0.15, -0.1) is 0 Å². The highest BCUT2D eigenvalue weighted by Crippen LogP contribution is 2.36. The van der Waals surface area contributed by atoms with Gasteiger partial charge in [-0.05, 0) is 26.2 Å². The molecule has 1 saturated carbocycles. The van der Waals surface area contributed by atoms with Crippen molar-refractivity contribution in [3.63, 3.8) is 0 Å². The molecule has 0 bridgehead atoms. The molecule has 1 unspecified atom stereocenters. The first-order valence-electron chi connectivity index (χ1n) is 7.13. The molecule has 1 aliphatic carbocycles. The molecule has 2 rings (SSSR count). The van der Waals surface area contributed by atoms with E-state index in [1.807, 2.05) is 0 Å². The fourth-order valence-electron chi connectivity index (χ4n) is 3.39. The smallest absolute Gasteiger partial charge is 0.0589 e. The summed E-state index contributed by atoms with van der Waals surface area (Å²) in [6.07, 6.45) is 6.72. The summed E-state index contributed by atoms with van der Waals surface area (Å²) in [5.74, 6) is 0. The summed E-state index contributed by atoms with van der Waals surface area (Å²) in [6.45, 7) is 8.95. The van der Waals surface area contributed by atoms with Crippen molar-refractivity contribution in [2.75, 3.05) is 33.4 Å². The van der Waals surface area contributed by atoms with Crippen LogP contribution in [0.2, 0.25) is 0 Å². The van der Waals surface area contributed by atoms with E-state index in [2.05, 4.69) is 24.1 Å². The molecule has 17 heavy (non-hydrogen) atoms. The van der Waals surface area contributed by atoms with Gasteiger partial charge < -0.3 is 10.1 Å². The van der Waals surface area contributed by atoms with Crippen LogP contribution in [0.5, 0.6) is 0 Å². The zero-order valence-corrected chi connectivity index (χ0v) is 11.7. The van der Waals surface area contributed by atoms with Crippen molar-refractivity contribution in [3.05, 3.63) is 0 Å². The van der Waals surface area contributed by atoms with Crippen LogP contribution in [0.4, 0.5) is 0 Å². The minimum atomic E-state index is 0.312. The Morgan fingerprint density at radius 3 is 2.59 bits per heavy atom. The summed E-state index contributed by atoms with van der Waals surface area (Å²) in [7, 11) is 1.80. The molecule has 3 heteroatoms. The highest BCUT2D eigenvalue weighted by atomic mass is 16.5. The summed E-state index contributed by atoms with van der Waals surface area (Å²) >= 11 is 0. The van der Waals surface area contributed by atoms with E-state index in [0.717, 1.165) is 19.7 Å². The normalized spacial score (nSPS) is 33.4. The largest absolute Gasteiger partial charge is 0.383 e. The van der Waals surface area contributed by atoms with E-state index in [-0.39, 0.29) is 0 Å². The summed E-state index contributed by atoms with van der Waals surface area (Å²) in [5.41, 5.74) is 0.731. The van der Waals surface area contributed by atoms with Crippen LogP contribution in [0, 0.1) is 0 Å². The predicted molar refractivity (Wildman–Crippen MR) is 71.3 cm³/mol. The minimum Gasteiger partial charge on any atom is -0.383 e. The van der Waals surface area contributed by atoms with Crippen LogP contribution in [-0.2, 0) is 4.74 Å². The Morgan fingerprint density at radius 2 is 2.00 bits per heavy atom. The van der Waals surface area contributed by atoms with Crippen LogP contribution in [-0.4, -0.2) is 49.3 Å². The second-order valence-electron chi connectivity index (χ2n) is 6.11. The minimum absolute atomic E-state index is 0.312. The second-order valence-corrected chi connectivity index (χ2v) is 6.11. The van der Waals surface area contributed by atoms with Crippen molar-refractivity contribution < 1.29 is 4.74 Å². The fraction of sp³-hybridized carbons (Fsp3) is 1.00. The zero-order chi connectivity index (χ0) is 12.4. The van der Waals surface area contributed by atoms with Crippen LogP contribution < -0.4 is 5.32 Å². The van der Waals surface area contributed by atoms with Gasteiger partial charge in [-0.2, -0.15) is 0 Å². The van der Waals surface area contributed by atoms with Gasteiger partial charge in [0.25, 0.3) is 0 Å². The second kappa shape index (κ2) is 5.25. The maximum absolute atomic E-state index is 5.27. The van der Waals surface area contributed by atoms with Gasteiger partial charge in [-0.25, -0.2) is 0 Å². The SMILES string of the molecule is CCC1(C)CNC2(CCCC2)CN1CCOC. The van der Waals surface area contributed by atoms with Gasteiger partial charge in [0.05, 0.1) is 6.61 Å². The van der Waals surface area contributed by atoms with Crippen molar-refractivity contribution in [1.29, 1.82) is 0 Å². The molecule has 3 nitrogen and oxygen atoms in total. The van der Waals surface area contributed by atoms with Crippen LogP contribution in [0.1, 0.15) is 46.0 Å². The fourth-order valence-corrected chi connectivity index (χ4v) is 3.39. The molecule has 1 aliphatic heterocycles. The molecular weight excluding hydrogens is 212 g/mol. The first-order valence-corrected chi connectivity index (χ1v) is 7.13. The van der Waals surface area contributed by atoms with Crippen molar-refractivity contribution >= 4 is 0 Å². The molecule has 1 heterocycles. The summed E-state index contributed by atoms with van der Waals surface area (Å²) in [5, 5.41) is 3.86. The van der Waals surface area contributed by atoms with E-state index in [9.17, 15) is 0 Å². The van der Waals surface area contributed by atoms with Crippen molar-refractivity contribution in [2.45, 2.75) is 57.0 Å². The number of nitrogens with one attached hydrogen (secondary N) is 1. The highest BCUT2D eigenvalue weighted by molar-refractivity contribution is 5.05. The van der Waals surface area contributed by atoms with Crippen LogP contribution in [0.15, 0.2) is 0 Å². The Kier molecular flexibility index (Phi) is 4.11. The van der Waals surface area contributed by atoms with E-state index >= 15 is 0 Å². The highest BCUT2D eigenvalue weighted by Gasteiger charge is 2.44. The molecule has 0 aromatic rings. The van der Waals surface area contributed by atoms with Crippen molar-refractivity contribution in [3.8, 4) is 0 Å². The lowest BCUT2D eigenvalue weighted by Gasteiger charge is -2.52. The van der Waals surface area contributed by atoms with Gasteiger partial charge in [0, 0.05) is 37.8 Å². The molecule has 100 valence electrons. The number of piperazine rings is 1. The van der Waals surface area contributed by atoms with Crippen LogP contribution >= 0.6 is 0 Å². The summed E-state index contributed by atoms with van der Waals surface area (Å²) in [4.78, 5) is 2.66. The number of hydrogen-bond acceptors (Lipinski definition) is 3. The van der Waals surface area contributed by atoms with Crippen LogP contribution in [0.25, 0.3) is 0 Å². The Balaban J connectivity index is 2.04. The summed E-state index contributed by atoms with van der Waals surface area (Å²) < 4.78 is 5.27. The van der Waals surface area contributed by atoms with Gasteiger partial charge in [-0.3, -0.25) is 4.90 Å². The molecule has 0 radical (unpaired) electrons. The molecule has 1 atom stereocenters. The lowest BCUT2D eigenvalue weighted by atomic mass is 9.85. The monoisotopic (exact) mass is 240 g/mol. The Morgan fingerprint density at radius 1 is 1.29 bits per heavy atom. The number of ether oxygens (including phenoxy) is 1. The summed E-state index contributed by atoms with van der Waals surface area (Å²) in [6, 6.07) is 0. The number of rotatable bonds is 4. The maximum Gasteiger partial charge on any atom is 0.0589 e. The standard InChI is InChI=1S/C14H28N2O/c1-4-13(2)11-15-14(7-5-6-8-14)12-16(13)9-10-17-3/h15H,4-12H2,1-3H3. The van der Waals surface area contributed by atoms with Crippen molar-refractivity contribution in [1.82, 2.24) is 10.2 Å². The van der Waals surface area contributed by atoms with Crippen LogP contribution in [0.3, 0.4) is 0 Å². The predicted octanol–water partition coefficient (Wildman–Crippen LogP) is 2.02. The van der Waals surface area contributed by atoms with E-state index in [1.165, 1.54) is 38.6 Å². The lowest BCUT2D eigenvalue weighted by molar-refractivity contribution is -0.00156. The number of methoxy groups -OCH3 is 1. The van der Waals surface area contributed by atoms with Gasteiger partial charge in [0.15, 0.2) is 0 Å². The molecule has 1 N–H and O–H groups in total. The molecule has 0 amide bonds. The Hall–Kier alpha value is -0.120. The van der Waals surface area contributed by atoms with Gasteiger partial charge >= 0.3 is 0 Å².